The second kappa shape index (κ2) is 14.2. The van der Waals surface area contributed by atoms with Crippen LogP contribution in [0.2, 0.25) is 0 Å². The fourth-order valence-electron chi connectivity index (χ4n) is 4.56. The molecule has 0 saturated heterocycles. The molecule has 4 rings (SSSR count). The van der Waals surface area contributed by atoms with Crippen LogP contribution in [0.5, 0.6) is 5.75 Å². The highest BCUT2D eigenvalue weighted by Gasteiger charge is 2.23. The molecule has 1 aromatic heterocycles. The molecule has 0 aliphatic rings. The van der Waals surface area contributed by atoms with E-state index in [2.05, 4.69) is 5.32 Å². The third-order valence-corrected chi connectivity index (χ3v) is 7.95. The molecule has 10 heteroatoms. The van der Waals surface area contributed by atoms with Gasteiger partial charge in [-0.25, -0.2) is 9.11 Å². The number of furan rings is 1. The van der Waals surface area contributed by atoms with Crippen molar-refractivity contribution >= 4 is 21.8 Å². The number of benzene rings is 3. The Morgan fingerprint density at radius 3 is 2.33 bits per heavy atom. The Morgan fingerprint density at radius 2 is 1.67 bits per heavy atom. The SMILES string of the molecule is Cc1ccc(S(=O)(=O)NC(=O)CCc2ccc(COc3ccccc3)cc2C(=O)NC(CC(C)C)c2ccc(F)cc2)o1. The third-order valence-electron chi connectivity index (χ3n) is 6.70. The Morgan fingerprint density at radius 1 is 0.953 bits per heavy atom. The first kappa shape index (κ1) is 31.5. The Bertz CT molecular complexity index is 1650. The van der Waals surface area contributed by atoms with Gasteiger partial charge >= 0.3 is 0 Å². The number of carbonyl (C=O) groups excluding carboxylic acids is 2. The maximum absolute atomic E-state index is 13.8. The molecule has 2 amide bonds. The highest BCUT2D eigenvalue weighted by Crippen LogP contribution is 2.24. The lowest BCUT2D eigenvalue weighted by Gasteiger charge is -2.22. The molecule has 0 fully saturated rings. The third kappa shape index (κ3) is 9.02. The van der Waals surface area contributed by atoms with E-state index < -0.39 is 15.9 Å². The minimum Gasteiger partial charge on any atom is -0.489 e. The lowest BCUT2D eigenvalue weighted by atomic mass is 9.95. The molecule has 0 radical (unpaired) electrons. The van der Waals surface area contributed by atoms with Crippen molar-refractivity contribution in [3.8, 4) is 5.75 Å². The second-order valence-corrected chi connectivity index (χ2v) is 12.3. The van der Waals surface area contributed by atoms with E-state index in [0.717, 1.165) is 11.1 Å². The zero-order valence-corrected chi connectivity index (χ0v) is 25.1. The number of para-hydroxylation sites is 1. The van der Waals surface area contributed by atoms with Gasteiger partial charge in [-0.3, -0.25) is 9.59 Å². The molecule has 0 bridgehead atoms. The number of ether oxygens (including phenoxy) is 1. The predicted molar refractivity (Wildman–Crippen MR) is 160 cm³/mol. The quantitative estimate of drug-likeness (QED) is 0.186. The van der Waals surface area contributed by atoms with Crippen LogP contribution >= 0.6 is 0 Å². The number of hydrogen-bond acceptors (Lipinski definition) is 6. The van der Waals surface area contributed by atoms with Crippen molar-refractivity contribution in [1.29, 1.82) is 0 Å². The standard InChI is InChI=1S/C33H35FN2O6S/c1-22(2)19-30(26-12-15-27(34)16-13-26)35-33(38)29-20-24(21-41-28-7-5-4-6-8-28)10-11-25(29)14-17-31(37)36-43(39,40)32-18-9-23(3)42-32/h4-13,15-16,18,20,22,30H,14,17,19,21H2,1-3H3,(H,35,38)(H,36,37). The molecule has 4 aromatic rings. The normalized spacial score (nSPS) is 12.1. The van der Waals surface area contributed by atoms with Crippen LogP contribution in [0, 0.1) is 18.7 Å². The van der Waals surface area contributed by atoms with Crippen molar-refractivity contribution < 1.29 is 31.6 Å². The molecule has 8 nitrogen and oxygen atoms in total. The van der Waals surface area contributed by atoms with Gasteiger partial charge in [0.15, 0.2) is 0 Å². The molecular formula is C33H35FN2O6S. The van der Waals surface area contributed by atoms with Gasteiger partial charge in [0.05, 0.1) is 6.04 Å². The van der Waals surface area contributed by atoms with E-state index in [1.54, 1.807) is 37.3 Å². The summed E-state index contributed by atoms with van der Waals surface area (Å²) in [5.74, 6) is -0.156. The summed E-state index contributed by atoms with van der Waals surface area (Å²) in [5.41, 5.74) is 2.40. The van der Waals surface area contributed by atoms with Crippen molar-refractivity contribution in [3.63, 3.8) is 0 Å². The average Bonchev–Trinajstić information content (AvgIpc) is 3.42. The summed E-state index contributed by atoms with van der Waals surface area (Å²) in [6, 6.07) is 22.9. The fourth-order valence-corrected chi connectivity index (χ4v) is 5.55. The number of halogens is 1. The summed E-state index contributed by atoms with van der Waals surface area (Å²) in [7, 11) is -4.16. The van der Waals surface area contributed by atoms with Crippen LogP contribution in [-0.2, 0) is 27.8 Å². The topological polar surface area (TPSA) is 115 Å². The first-order valence-corrected chi connectivity index (χ1v) is 15.5. The van der Waals surface area contributed by atoms with Crippen molar-refractivity contribution in [1.82, 2.24) is 10.0 Å². The van der Waals surface area contributed by atoms with Crippen molar-refractivity contribution in [2.24, 2.45) is 5.92 Å². The second-order valence-electron chi connectivity index (χ2n) is 10.7. The van der Waals surface area contributed by atoms with Crippen molar-refractivity contribution in [2.45, 2.75) is 57.8 Å². The number of aryl methyl sites for hydroxylation is 2. The lowest BCUT2D eigenvalue weighted by Crippen LogP contribution is -2.31. The molecule has 0 aliphatic carbocycles. The maximum Gasteiger partial charge on any atom is 0.297 e. The van der Waals surface area contributed by atoms with E-state index in [0.29, 0.717) is 29.1 Å². The van der Waals surface area contributed by atoms with E-state index >= 15 is 0 Å². The van der Waals surface area contributed by atoms with Gasteiger partial charge in [-0.15, -0.1) is 0 Å². The van der Waals surface area contributed by atoms with E-state index in [9.17, 15) is 22.4 Å². The molecule has 226 valence electrons. The van der Waals surface area contributed by atoms with Crippen LogP contribution in [0.15, 0.2) is 94.4 Å². The van der Waals surface area contributed by atoms with Crippen LogP contribution in [-0.4, -0.2) is 20.2 Å². The van der Waals surface area contributed by atoms with E-state index in [4.69, 9.17) is 9.15 Å². The minimum atomic E-state index is -4.16. The van der Waals surface area contributed by atoms with Gasteiger partial charge in [0, 0.05) is 12.0 Å². The predicted octanol–water partition coefficient (Wildman–Crippen LogP) is 6.26. The molecule has 1 unspecified atom stereocenters. The number of hydrogen-bond donors (Lipinski definition) is 2. The number of amides is 2. The van der Waals surface area contributed by atoms with Gasteiger partial charge in [-0.1, -0.05) is 56.3 Å². The molecule has 2 N–H and O–H groups in total. The summed E-state index contributed by atoms with van der Waals surface area (Å²) in [6.45, 7) is 5.88. The lowest BCUT2D eigenvalue weighted by molar-refractivity contribution is -0.119. The summed E-state index contributed by atoms with van der Waals surface area (Å²) in [5, 5.41) is 2.73. The summed E-state index contributed by atoms with van der Waals surface area (Å²) in [6.07, 6.45) is 0.537. The highest BCUT2D eigenvalue weighted by molar-refractivity contribution is 7.89. The first-order valence-electron chi connectivity index (χ1n) is 14.0. The van der Waals surface area contributed by atoms with Crippen LogP contribution in [0.1, 0.15) is 65.5 Å². The molecule has 0 aliphatic heterocycles. The van der Waals surface area contributed by atoms with Crippen molar-refractivity contribution in [2.75, 3.05) is 0 Å². The smallest absolute Gasteiger partial charge is 0.297 e. The first-order chi connectivity index (χ1) is 20.5. The van der Waals surface area contributed by atoms with Crippen molar-refractivity contribution in [3.05, 3.63) is 119 Å². The van der Waals surface area contributed by atoms with Crippen LogP contribution in [0.4, 0.5) is 4.39 Å². The molecule has 1 heterocycles. The Labute approximate surface area is 251 Å². The minimum absolute atomic E-state index is 0.104. The maximum atomic E-state index is 13.8. The van der Waals surface area contributed by atoms with Gasteiger partial charge in [0.25, 0.3) is 15.9 Å². The van der Waals surface area contributed by atoms with Gasteiger partial charge in [0.1, 0.15) is 23.9 Å². The zero-order valence-electron chi connectivity index (χ0n) is 24.3. The van der Waals surface area contributed by atoms with Gasteiger partial charge in [0.2, 0.25) is 11.0 Å². The van der Waals surface area contributed by atoms with Crippen LogP contribution < -0.4 is 14.8 Å². The number of nitrogens with one attached hydrogen (secondary N) is 2. The van der Waals surface area contributed by atoms with E-state index in [1.165, 1.54) is 24.3 Å². The Balaban J connectivity index is 1.55. The van der Waals surface area contributed by atoms with E-state index in [-0.39, 0.29) is 48.2 Å². The number of sulfonamides is 1. The van der Waals surface area contributed by atoms with Crippen LogP contribution in [0.25, 0.3) is 0 Å². The molecule has 43 heavy (non-hydrogen) atoms. The monoisotopic (exact) mass is 606 g/mol. The van der Waals surface area contributed by atoms with E-state index in [1.807, 2.05) is 48.9 Å². The largest absolute Gasteiger partial charge is 0.489 e. The van der Waals surface area contributed by atoms with Gasteiger partial charge < -0.3 is 14.5 Å². The number of rotatable bonds is 13. The molecule has 0 spiro atoms. The molecule has 1 atom stereocenters. The molecule has 3 aromatic carbocycles. The molecular weight excluding hydrogens is 571 g/mol. The zero-order chi connectivity index (χ0) is 31.0. The fraction of sp³-hybridized carbons (Fsp3) is 0.273. The average molecular weight is 607 g/mol. The molecule has 0 saturated carbocycles. The van der Waals surface area contributed by atoms with Gasteiger partial charge in [-0.2, -0.15) is 8.42 Å². The van der Waals surface area contributed by atoms with Gasteiger partial charge in [-0.05, 0) is 84.8 Å². The Kier molecular flexibility index (Phi) is 10.4. The summed E-state index contributed by atoms with van der Waals surface area (Å²) >= 11 is 0. The highest BCUT2D eigenvalue weighted by atomic mass is 32.2. The Hall–Kier alpha value is -4.44. The summed E-state index contributed by atoms with van der Waals surface area (Å²) < 4.78 is 51.7. The summed E-state index contributed by atoms with van der Waals surface area (Å²) in [4.78, 5) is 26.4. The number of carbonyl (C=O) groups is 2. The van der Waals surface area contributed by atoms with Crippen LogP contribution in [0.3, 0.4) is 0 Å².